The van der Waals surface area contributed by atoms with Crippen LogP contribution in [0, 0.1) is 5.92 Å². The number of benzene rings is 3. The largest absolute Gasteiger partial charge is 0.454 e. The van der Waals surface area contributed by atoms with E-state index in [2.05, 4.69) is 10.0 Å². The molecule has 0 saturated carbocycles. The molecular weight excluding hydrogens is 761 g/mol. The van der Waals surface area contributed by atoms with E-state index in [9.17, 15) is 25.0 Å². The van der Waals surface area contributed by atoms with Crippen molar-refractivity contribution in [3.63, 3.8) is 0 Å². The highest BCUT2D eigenvalue weighted by Crippen LogP contribution is 2.37. The number of ether oxygens (including phenoxy) is 7. The van der Waals surface area contributed by atoms with Crippen molar-refractivity contribution in [2.45, 2.75) is 128 Å². The first-order chi connectivity index (χ1) is 28.6. The molecule has 15 nitrogen and oxygen atoms in total. The zero-order valence-corrected chi connectivity index (χ0v) is 34.1. The maximum Gasteiger partial charge on any atom is 0.410 e. The number of unbranched alkanes of at least 4 members (excludes halogenated alkanes) is 2. The highest BCUT2D eigenvalue weighted by atomic mass is 16.7. The Morgan fingerprint density at radius 1 is 0.797 bits per heavy atom. The van der Waals surface area contributed by atoms with Gasteiger partial charge < -0.3 is 43.2 Å². The van der Waals surface area contributed by atoms with Gasteiger partial charge in [0.1, 0.15) is 24.9 Å². The van der Waals surface area contributed by atoms with Gasteiger partial charge >= 0.3 is 12.1 Å². The fourth-order valence-corrected chi connectivity index (χ4v) is 7.34. The van der Waals surface area contributed by atoms with Crippen LogP contribution in [0.1, 0.15) is 70.1 Å². The first kappa shape index (κ1) is 45.2. The summed E-state index contributed by atoms with van der Waals surface area (Å²) in [5.74, 6) is -1.62. The molecule has 2 aliphatic rings. The molecule has 0 spiro atoms. The standard InChI is InChI=1S/C44H56N4O11/c1-5-35-38(58-43-41(56-31(4)50)40(37(51)39(59-43)30(3)49)54-27-33-20-12-7-13-21-33)29(2)36(46-47-45)42(57-35)53-25-17-9-16-24-48(26-32-18-10-6-11-19-32)44(52)55-28-34-22-14-8-15-23-34/h6-8,10-15,18-23,29,35-43,51H,5,9,16-17,24-28H2,1-4H3/t29-,35?,36?,37-,38+,39?,40-,41?,42+,43-/m1/s1. The molecule has 59 heavy (non-hydrogen) atoms. The Bertz CT molecular complexity index is 1800. The monoisotopic (exact) mass is 816 g/mol. The highest BCUT2D eigenvalue weighted by molar-refractivity contribution is 5.81. The van der Waals surface area contributed by atoms with Crippen molar-refractivity contribution in [1.29, 1.82) is 0 Å². The number of Topliss-reactive ketones (excluding diaryl/α,β-unsaturated/α-hetero) is 1. The van der Waals surface area contributed by atoms with E-state index in [1.807, 2.05) is 105 Å². The Balaban J connectivity index is 1.20. The number of aliphatic hydroxyl groups is 1. The van der Waals surface area contributed by atoms with Crippen LogP contribution in [0.2, 0.25) is 0 Å². The van der Waals surface area contributed by atoms with Crippen LogP contribution in [-0.4, -0.2) is 96.2 Å². The van der Waals surface area contributed by atoms with Gasteiger partial charge in [0.2, 0.25) is 0 Å². The quantitative estimate of drug-likeness (QED) is 0.0405. The van der Waals surface area contributed by atoms with Gasteiger partial charge in [-0.1, -0.05) is 110 Å². The number of esters is 1. The number of rotatable bonds is 20. The summed E-state index contributed by atoms with van der Waals surface area (Å²) >= 11 is 0. The van der Waals surface area contributed by atoms with Gasteiger partial charge in [-0.3, -0.25) is 9.59 Å². The third-order valence-corrected chi connectivity index (χ3v) is 10.4. The second-order valence-corrected chi connectivity index (χ2v) is 14.8. The van der Waals surface area contributed by atoms with Gasteiger partial charge in [0.25, 0.3) is 0 Å². The van der Waals surface area contributed by atoms with E-state index in [0.29, 0.717) is 39.0 Å². The summed E-state index contributed by atoms with van der Waals surface area (Å²) in [5, 5.41) is 15.3. The van der Waals surface area contributed by atoms with Gasteiger partial charge in [-0.15, -0.1) is 0 Å². The van der Waals surface area contributed by atoms with Crippen molar-refractivity contribution in [2.75, 3.05) is 13.2 Å². The van der Waals surface area contributed by atoms with Gasteiger partial charge in [-0.2, -0.15) is 0 Å². The van der Waals surface area contributed by atoms with Crippen LogP contribution in [-0.2, 0) is 62.5 Å². The number of hydrogen-bond donors (Lipinski definition) is 1. The molecule has 10 atom stereocenters. The molecule has 1 amide bonds. The lowest BCUT2D eigenvalue weighted by Crippen LogP contribution is -2.64. The number of nitrogens with zero attached hydrogens (tertiary/aromatic N) is 4. The number of carbonyl (C=O) groups excluding carboxylic acids is 3. The normalized spacial score (nSPS) is 26.6. The minimum Gasteiger partial charge on any atom is -0.454 e. The molecule has 3 aromatic rings. The molecular formula is C44H56N4O11. The number of hydrogen-bond acceptors (Lipinski definition) is 12. The van der Waals surface area contributed by atoms with Crippen LogP contribution < -0.4 is 0 Å². The Morgan fingerprint density at radius 2 is 1.42 bits per heavy atom. The molecule has 0 radical (unpaired) electrons. The first-order valence-electron chi connectivity index (χ1n) is 20.2. The minimum atomic E-state index is -1.46. The SMILES string of the molecule is CCC1O[C@H](OCCCCCN(Cc2ccccc2)C(=O)OCc2ccccc2)C(N=[N+]=[N-])[C@@H](C)[C@@H]1O[C@@H]1OC(C(C)=O)[C@@H](O)[C@@H](OCc2ccccc2)C1OC(C)=O. The molecule has 318 valence electrons. The van der Waals surface area contributed by atoms with Gasteiger partial charge in [-0.25, -0.2) is 4.79 Å². The fourth-order valence-electron chi connectivity index (χ4n) is 7.34. The number of carbonyl (C=O) groups is 3. The second kappa shape index (κ2) is 23.1. The van der Waals surface area contributed by atoms with E-state index in [-0.39, 0.29) is 19.3 Å². The number of azide groups is 1. The Morgan fingerprint density at radius 3 is 2.02 bits per heavy atom. The predicted octanol–water partition coefficient (Wildman–Crippen LogP) is 7.04. The average Bonchev–Trinajstić information content (AvgIpc) is 3.24. The Hall–Kier alpha value is -4.86. The van der Waals surface area contributed by atoms with Gasteiger partial charge in [0.15, 0.2) is 24.5 Å². The molecule has 4 unspecified atom stereocenters. The molecule has 0 aliphatic carbocycles. The van der Waals surface area contributed by atoms with E-state index in [4.69, 9.17) is 33.2 Å². The summed E-state index contributed by atoms with van der Waals surface area (Å²) in [6.07, 6.45) is -6.66. The molecule has 15 heteroatoms. The summed E-state index contributed by atoms with van der Waals surface area (Å²) in [5.41, 5.74) is 12.3. The molecule has 2 saturated heterocycles. The third-order valence-electron chi connectivity index (χ3n) is 10.4. The van der Waals surface area contributed by atoms with Crippen LogP contribution in [0.4, 0.5) is 4.79 Å². The molecule has 0 aromatic heterocycles. The van der Waals surface area contributed by atoms with Crippen LogP contribution in [0.25, 0.3) is 10.4 Å². The lowest BCUT2D eigenvalue weighted by molar-refractivity contribution is -0.338. The molecule has 0 bridgehead atoms. The van der Waals surface area contributed by atoms with Crippen molar-refractivity contribution in [1.82, 2.24) is 4.90 Å². The molecule has 2 fully saturated rings. The van der Waals surface area contributed by atoms with E-state index in [0.717, 1.165) is 23.1 Å². The Kier molecular flexibility index (Phi) is 17.7. The first-order valence-corrected chi connectivity index (χ1v) is 20.2. The lowest BCUT2D eigenvalue weighted by atomic mass is 9.87. The van der Waals surface area contributed by atoms with Crippen LogP contribution in [0.3, 0.4) is 0 Å². The summed E-state index contributed by atoms with van der Waals surface area (Å²) in [6, 6.07) is 27.7. The third kappa shape index (κ3) is 13.1. The van der Waals surface area contributed by atoms with Crippen molar-refractivity contribution in [2.24, 2.45) is 11.0 Å². The summed E-state index contributed by atoms with van der Waals surface area (Å²) in [6.45, 7) is 7.69. The number of aliphatic hydroxyl groups excluding tert-OH is 1. The highest BCUT2D eigenvalue weighted by Gasteiger charge is 2.53. The van der Waals surface area contributed by atoms with E-state index in [1.54, 1.807) is 4.90 Å². The van der Waals surface area contributed by atoms with E-state index in [1.165, 1.54) is 13.8 Å². The summed E-state index contributed by atoms with van der Waals surface area (Å²) in [7, 11) is 0. The van der Waals surface area contributed by atoms with E-state index < -0.39 is 72.9 Å². The van der Waals surface area contributed by atoms with Gasteiger partial charge in [0, 0.05) is 31.5 Å². The zero-order chi connectivity index (χ0) is 42.1. The fraction of sp³-hybridized carbons (Fsp3) is 0.523. The van der Waals surface area contributed by atoms with Crippen LogP contribution >= 0.6 is 0 Å². The zero-order valence-electron chi connectivity index (χ0n) is 34.1. The molecule has 1 N–H and O–H groups in total. The maximum absolute atomic E-state index is 13.2. The topological polar surface area (TPSA) is 188 Å². The maximum atomic E-state index is 13.2. The molecule has 2 aliphatic heterocycles. The average molecular weight is 817 g/mol. The minimum absolute atomic E-state index is 0.0589. The van der Waals surface area contributed by atoms with Gasteiger partial charge in [0.05, 0.1) is 24.9 Å². The van der Waals surface area contributed by atoms with Crippen molar-refractivity contribution < 1.29 is 52.6 Å². The van der Waals surface area contributed by atoms with Crippen molar-refractivity contribution in [3.8, 4) is 0 Å². The van der Waals surface area contributed by atoms with E-state index >= 15 is 0 Å². The summed E-state index contributed by atoms with van der Waals surface area (Å²) in [4.78, 5) is 43.0. The van der Waals surface area contributed by atoms with Gasteiger partial charge in [-0.05, 0) is 60.7 Å². The van der Waals surface area contributed by atoms with Crippen LogP contribution in [0.5, 0.6) is 0 Å². The Labute approximate surface area is 345 Å². The number of ketones is 1. The molecule has 3 aromatic carbocycles. The second-order valence-electron chi connectivity index (χ2n) is 14.8. The smallest absolute Gasteiger partial charge is 0.410 e. The summed E-state index contributed by atoms with van der Waals surface area (Å²) < 4.78 is 42.6. The van der Waals surface area contributed by atoms with Crippen molar-refractivity contribution >= 4 is 17.8 Å². The predicted molar refractivity (Wildman–Crippen MR) is 215 cm³/mol. The molecule has 2 heterocycles. The van der Waals surface area contributed by atoms with Crippen molar-refractivity contribution in [3.05, 3.63) is 118 Å². The molecule has 5 rings (SSSR count). The van der Waals surface area contributed by atoms with Crippen LogP contribution in [0.15, 0.2) is 96.1 Å². The number of amides is 1. The lowest BCUT2D eigenvalue weighted by Gasteiger charge is -2.48.